The smallest absolute Gasteiger partial charge is 0.311 e. The van der Waals surface area contributed by atoms with E-state index in [9.17, 15) is 10.1 Å². The highest BCUT2D eigenvalue weighted by Gasteiger charge is 2.20. The van der Waals surface area contributed by atoms with Crippen LogP contribution in [0.4, 0.5) is 17.3 Å². The zero-order valence-electron chi connectivity index (χ0n) is 19.2. The number of fused-ring (bicyclic) bond motifs is 1. The fraction of sp³-hybridized carbons (Fsp3) is 0.364. The molecule has 0 saturated heterocycles. The molecule has 4 N–H and O–H groups in total. The molecule has 0 radical (unpaired) electrons. The average molecular weight is 454 g/mol. The summed E-state index contributed by atoms with van der Waals surface area (Å²) in [5.41, 5.74) is 7.13. The van der Waals surface area contributed by atoms with E-state index >= 15 is 0 Å². The first-order valence-corrected chi connectivity index (χ1v) is 10.1. The summed E-state index contributed by atoms with van der Waals surface area (Å²) in [5, 5.41) is 20.8. The molecule has 2 heterocycles. The van der Waals surface area contributed by atoms with E-state index in [-0.39, 0.29) is 23.4 Å². The van der Waals surface area contributed by atoms with Crippen LogP contribution in [0.2, 0.25) is 0 Å². The Morgan fingerprint density at radius 3 is 2.39 bits per heavy atom. The average Bonchev–Trinajstić information content (AvgIpc) is 3.13. The molecule has 33 heavy (non-hydrogen) atoms. The lowest BCUT2D eigenvalue weighted by atomic mass is 10.1. The normalized spacial score (nSPS) is 11.1. The van der Waals surface area contributed by atoms with Gasteiger partial charge in [0.25, 0.3) is 0 Å². The van der Waals surface area contributed by atoms with Crippen LogP contribution in [0, 0.1) is 11.3 Å². The van der Waals surface area contributed by atoms with Crippen LogP contribution in [0.5, 0.6) is 11.5 Å². The molecule has 1 aromatic carbocycles. The molecule has 11 heteroatoms. The first kappa shape index (κ1) is 23.6. The summed E-state index contributed by atoms with van der Waals surface area (Å²) >= 11 is 0. The van der Waals surface area contributed by atoms with Crippen molar-refractivity contribution in [2.45, 2.75) is 25.8 Å². The van der Waals surface area contributed by atoms with Gasteiger partial charge < -0.3 is 30.6 Å². The molecule has 174 valence electrons. The van der Waals surface area contributed by atoms with Crippen molar-refractivity contribution in [2.24, 2.45) is 5.73 Å². The van der Waals surface area contributed by atoms with E-state index < -0.39 is 11.5 Å². The van der Waals surface area contributed by atoms with Gasteiger partial charge in [-0.1, -0.05) is 0 Å². The maximum atomic E-state index is 11.8. The van der Waals surface area contributed by atoms with Crippen molar-refractivity contribution < 1.29 is 19.0 Å². The van der Waals surface area contributed by atoms with E-state index in [1.54, 1.807) is 38.5 Å². The molecule has 0 fully saturated rings. The summed E-state index contributed by atoms with van der Waals surface area (Å²) in [5.74, 6) is 1.52. The molecule has 2 aromatic heterocycles. The lowest BCUT2D eigenvalue weighted by Gasteiger charge is -2.20. The summed E-state index contributed by atoms with van der Waals surface area (Å²) in [4.78, 5) is 16.3. The zero-order valence-corrected chi connectivity index (χ0v) is 19.2. The van der Waals surface area contributed by atoms with Gasteiger partial charge >= 0.3 is 5.97 Å². The summed E-state index contributed by atoms with van der Waals surface area (Å²) < 4.78 is 16.9. The van der Waals surface area contributed by atoms with Crippen LogP contribution >= 0.6 is 0 Å². The molecule has 0 spiro atoms. The number of nitrogens with zero attached hydrogens (tertiary/aromatic N) is 4. The van der Waals surface area contributed by atoms with Crippen LogP contribution < -0.4 is 25.8 Å². The van der Waals surface area contributed by atoms with Gasteiger partial charge in [-0.15, -0.1) is 5.10 Å². The van der Waals surface area contributed by atoms with Gasteiger partial charge in [0, 0.05) is 42.0 Å². The number of carbonyl (C=O) groups is 1. The van der Waals surface area contributed by atoms with E-state index in [0.717, 1.165) is 0 Å². The van der Waals surface area contributed by atoms with E-state index in [4.69, 9.17) is 19.9 Å². The second-order valence-electron chi connectivity index (χ2n) is 8.02. The van der Waals surface area contributed by atoms with E-state index in [2.05, 4.69) is 26.8 Å². The van der Waals surface area contributed by atoms with E-state index in [1.807, 2.05) is 13.8 Å². The van der Waals surface area contributed by atoms with Gasteiger partial charge in [-0.2, -0.15) is 9.78 Å². The lowest BCUT2D eigenvalue weighted by Crippen LogP contribution is -2.40. The molecule has 3 aromatic rings. The molecule has 0 saturated carbocycles. The van der Waals surface area contributed by atoms with Crippen LogP contribution in [-0.4, -0.2) is 54.0 Å². The van der Waals surface area contributed by atoms with Crippen molar-refractivity contribution in [3.63, 3.8) is 0 Å². The number of methoxy groups -OCH3 is 3. The van der Waals surface area contributed by atoms with Gasteiger partial charge in [0.05, 0.1) is 33.4 Å². The third kappa shape index (κ3) is 5.61. The van der Waals surface area contributed by atoms with Crippen molar-refractivity contribution in [2.75, 3.05) is 38.5 Å². The van der Waals surface area contributed by atoms with Crippen molar-refractivity contribution in [1.29, 1.82) is 5.26 Å². The Labute approximate surface area is 191 Å². The zero-order chi connectivity index (χ0) is 24.2. The Kier molecular flexibility index (Phi) is 6.89. The number of hydrogen-bond donors (Lipinski definition) is 3. The molecular formula is C22H27N7O4. The number of nitrogens with one attached hydrogen (secondary N) is 2. The first-order valence-electron chi connectivity index (χ1n) is 10.1. The van der Waals surface area contributed by atoms with E-state index in [1.165, 1.54) is 11.6 Å². The second kappa shape index (κ2) is 9.62. The van der Waals surface area contributed by atoms with Gasteiger partial charge in [-0.05, 0) is 13.8 Å². The summed E-state index contributed by atoms with van der Waals surface area (Å²) in [6, 6.07) is 9.07. The minimum atomic E-state index is -0.512. The lowest BCUT2D eigenvalue weighted by molar-refractivity contribution is -0.139. The quantitative estimate of drug-likeness (QED) is 0.412. The summed E-state index contributed by atoms with van der Waals surface area (Å²) in [6.45, 7) is 4.17. The van der Waals surface area contributed by atoms with Gasteiger partial charge in [-0.25, -0.2) is 4.98 Å². The molecule has 0 atom stereocenters. The highest BCUT2D eigenvalue weighted by atomic mass is 16.5. The third-order valence-corrected chi connectivity index (χ3v) is 4.65. The molecule has 0 aliphatic rings. The molecule has 0 unspecified atom stereocenters. The molecule has 0 aliphatic carbocycles. The Morgan fingerprint density at radius 2 is 1.85 bits per heavy atom. The standard InChI is InChI=1S/C22H27N7O4/c1-22(2,24)12-25-18-8-14(9-19(30)33-5)27-21-17(11-23)20(28-29(18)21)26-13-6-15(31-3)10-16(7-13)32-4/h6-8,10,25H,9,12,24H2,1-5H3,(H,26,28). The predicted octanol–water partition coefficient (Wildman–Crippen LogP) is 2.23. The number of esters is 1. The molecule has 3 rings (SSSR count). The van der Waals surface area contributed by atoms with Crippen LogP contribution in [0.15, 0.2) is 24.3 Å². The maximum Gasteiger partial charge on any atom is 0.311 e. The fourth-order valence-electron chi connectivity index (χ4n) is 3.03. The number of nitriles is 1. The fourth-order valence-corrected chi connectivity index (χ4v) is 3.03. The predicted molar refractivity (Wildman–Crippen MR) is 123 cm³/mol. The Bertz CT molecular complexity index is 1190. The number of aromatic nitrogens is 3. The van der Waals surface area contributed by atoms with Gasteiger partial charge in [0.2, 0.25) is 0 Å². The second-order valence-corrected chi connectivity index (χ2v) is 8.02. The number of rotatable bonds is 9. The van der Waals surface area contributed by atoms with Crippen LogP contribution in [-0.2, 0) is 16.0 Å². The summed E-state index contributed by atoms with van der Waals surface area (Å²) in [6.07, 6.45) is -0.0560. The van der Waals surface area contributed by atoms with Crippen molar-refractivity contribution in [3.8, 4) is 17.6 Å². The highest BCUT2D eigenvalue weighted by Crippen LogP contribution is 2.30. The number of nitrogens with two attached hydrogens (primary N) is 1. The van der Waals surface area contributed by atoms with Gasteiger partial charge in [-0.3, -0.25) is 4.79 Å². The van der Waals surface area contributed by atoms with E-state index in [0.29, 0.717) is 35.2 Å². The highest BCUT2D eigenvalue weighted by molar-refractivity contribution is 5.76. The van der Waals surface area contributed by atoms with Crippen LogP contribution in [0.3, 0.4) is 0 Å². The molecule has 0 bridgehead atoms. The number of benzene rings is 1. The van der Waals surface area contributed by atoms with Gasteiger partial charge in [0.1, 0.15) is 28.9 Å². The number of carbonyl (C=O) groups excluding carboxylic acids is 1. The first-order chi connectivity index (χ1) is 15.7. The number of ether oxygens (including phenoxy) is 3. The number of hydrogen-bond acceptors (Lipinski definition) is 10. The van der Waals surface area contributed by atoms with Crippen LogP contribution in [0.1, 0.15) is 25.1 Å². The maximum absolute atomic E-state index is 11.8. The minimum Gasteiger partial charge on any atom is -0.497 e. The molecule has 11 nitrogen and oxygen atoms in total. The SMILES string of the molecule is COC(=O)Cc1cc(NCC(C)(C)N)n2nc(Nc3cc(OC)cc(OC)c3)c(C#N)c2n1. The monoisotopic (exact) mass is 453 g/mol. The third-order valence-electron chi connectivity index (χ3n) is 4.65. The Morgan fingerprint density at radius 1 is 1.18 bits per heavy atom. The van der Waals surface area contributed by atoms with Gasteiger partial charge in [0.15, 0.2) is 11.5 Å². The topological polar surface area (TPSA) is 149 Å². The minimum absolute atomic E-state index is 0.0560. The van der Waals surface area contributed by atoms with Crippen molar-refractivity contribution in [3.05, 3.63) is 35.5 Å². The Balaban J connectivity index is 2.11. The molecule has 0 aliphatic heterocycles. The van der Waals surface area contributed by atoms with Crippen molar-refractivity contribution in [1.82, 2.24) is 14.6 Å². The molecular weight excluding hydrogens is 426 g/mol. The largest absolute Gasteiger partial charge is 0.497 e. The Hall–Kier alpha value is -4.04. The van der Waals surface area contributed by atoms with Crippen LogP contribution in [0.25, 0.3) is 5.65 Å². The summed E-state index contributed by atoms with van der Waals surface area (Å²) in [7, 11) is 4.41. The number of anilines is 3. The van der Waals surface area contributed by atoms with Crippen molar-refractivity contribution >= 4 is 28.9 Å². The molecule has 0 amide bonds.